The summed E-state index contributed by atoms with van der Waals surface area (Å²) in [7, 11) is 0. The number of nitrogens with zero attached hydrogens (tertiary/aromatic N) is 2. The van der Waals surface area contributed by atoms with Gasteiger partial charge in [0.25, 0.3) is 0 Å². The third kappa shape index (κ3) is 7.99. The van der Waals surface area contributed by atoms with Crippen molar-refractivity contribution in [2.45, 2.75) is 30.7 Å². The molecule has 1 fully saturated rings. The van der Waals surface area contributed by atoms with Gasteiger partial charge in [0.05, 0.1) is 46.1 Å². The van der Waals surface area contributed by atoms with Gasteiger partial charge in [-0.1, -0.05) is 12.1 Å². The second kappa shape index (κ2) is 18.8. The van der Waals surface area contributed by atoms with Gasteiger partial charge >= 0.3 is 0 Å². The van der Waals surface area contributed by atoms with Crippen LogP contribution < -0.4 is 4.74 Å². The van der Waals surface area contributed by atoms with Crippen molar-refractivity contribution in [3.63, 3.8) is 0 Å². The van der Waals surface area contributed by atoms with Gasteiger partial charge in [0.15, 0.2) is 69.8 Å². The molecule has 3 aromatic heterocycles. The topological polar surface area (TPSA) is 157 Å². The van der Waals surface area contributed by atoms with Crippen molar-refractivity contribution in [2.75, 3.05) is 6.61 Å². The molecule has 8 bridgehead atoms. The van der Waals surface area contributed by atoms with Crippen LogP contribution in [0.1, 0.15) is 22.8 Å². The van der Waals surface area contributed by atoms with Crippen molar-refractivity contribution >= 4 is 46.4 Å². The van der Waals surface area contributed by atoms with E-state index in [0.29, 0.717) is 0 Å². The van der Waals surface area contributed by atoms with Crippen molar-refractivity contribution in [2.24, 2.45) is 0 Å². The van der Waals surface area contributed by atoms with Crippen molar-refractivity contribution in [1.29, 1.82) is 0 Å². The summed E-state index contributed by atoms with van der Waals surface area (Å²) in [5.74, 6) is -37.7. The van der Waals surface area contributed by atoms with Crippen LogP contribution in [0.3, 0.4) is 0 Å². The number of aliphatic hydroxyl groups excluding tert-OH is 4. The van der Waals surface area contributed by atoms with Crippen LogP contribution in [0.2, 0.25) is 0 Å². The molecule has 10 nitrogen and oxygen atoms in total. The van der Waals surface area contributed by atoms with Gasteiger partial charge in [0, 0.05) is 44.3 Å². The Hall–Kier alpha value is -7.97. The first-order valence-corrected chi connectivity index (χ1v) is 21.4. The van der Waals surface area contributed by atoms with Gasteiger partial charge in [-0.3, -0.25) is 0 Å². The summed E-state index contributed by atoms with van der Waals surface area (Å²) < 4.78 is 241. The molecule has 6 heterocycles. The zero-order valence-corrected chi connectivity index (χ0v) is 36.7. The Balaban J connectivity index is 1.35. The maximum absolute atomic E-state index is 16.0. The van der Waals surface area contributed by atoms with Gasteiger partial charge in [-0.25, -0.2) is 75.8 Å². The van der Waals surface area contributed by atoms with E-state index in [4.69, 9.17) is 9.47 Å². The third-order valence-electron chi connectivity index (χ3n) is 12.4. The Morgan fingerprint density at radius 2 is 0.707 bits per heavy atom. The Morgan fingerprint density at radius 3 is 1.07 bits per heavy atom. The average molecular weight is 1060 g/mol. The van der Waals surface area contributed by atoms with Gasteiger partial charge < -0.3 is 39.9 Å². The number of aliphatic hydroxyl groups is 4. The molecule has 75 heavy (non-hydrogen) atoms. The van der Waals surface area contributed by atoms with E-state index < -0.39 is 192 Å². The molecule has 0 aliphatic carbocycles. The highest BCUT2D eigenvalue weighted by Gasteiger charge is 2.45. The number of aromatic amines is 2. The number of rotatable bonds is 7. The lowest BCUT2D eigenvalue weighted by molar-refractivity contribution is -0.277. The lowest BCUT2D eigenvalue weighted by Gasteiger charge is -2.39. The average Bonchev–Trinajstić information content (AvgIpc) is 4.27. The van der Waals surface area contributed by atoms with Crippen LogP contribution in [0.4, 0.5) is 65.9 Å². The molecule has 6 N–H and O–H groups in total. The molecule has 4 aromatic carbocycles. The summed E-state index contributed by atoms with van der Waals surface area (Å²) in [4.78, 5) is 13.7. The number of hydrogen-bond donors (Lipinski definition) is 6. The first-order chi connectivity index (χ1) is 35.6. The summed E-state index contributed by atoms with van der Waals surface area (Å²) in [6, 6.07) is 9.40. The highest BCUT2D eigenvalue weighted by atomic mass is 19.2. The van der Waals surface area contributed by atoms with E-state index in [1.165, 1.54) is 24.3 Å². The normalized spacial score (nSPS) is 18.4. The van der Waals surface area contributed by atoms with Crippen LogP contribution in [0.15, 0.2) is 48.5 Å². The Kier molecular flexibility index (Phi) is 12.6. The Morgan fingerprint density at radius 1 is 0.387 bits per heavy atom. The smallest absolute Gasteiger partial charge is 0.229 e. The lowest BCUT2D eigenvalue weighted by Crippen LogP contribution is -2.60. The molecule has 0 spiro atoms. The first kappa shape index (κ1) is 50.6. The Labute approximate surface area is 407 Å². The largest absolute Gasteiger partial charge is 0.462 e. The molecular formula is C50H25F15N4O6. The van der Waals surface area contributed by atoms with Gasteiger partial charge in [-0.15, -0.1) is 0 Å². The molecule has 3 aliphatic rings. The van der Waals surface area contributed by atoms with Crippen molar-refractivity contribution in [3.05, 3.63) is 159 Å². The Bertz CT molecular complexity index is 3570. The molecule has 3 aliphatic heterocycles. The van der Waals surface area contributed by atoms with Gasteiger partial charge in [0.1, 0.15) is 30.2 Å². The van der Waals surface area contributed by atoms with Gasteiger partial charge in [-0.2, -0.15) is 0 Å². The summed E-state index contributed by atoms with van der Waals surface area (Å²) in [6.07, 6.45) is -5.51. The summed E-state index contributed by atoms with van der Waals surface area (Å²) >= 11 is 0. The monoisotopic (exact) mass is 1060 g/mol. The van der Waals surface area contributed by atoms with Crippen LogP contribution in [-0.4, -0.2) is 77.7 Å². The lowest BCUT2D eigenvalue weighted by atomic mass is 9.99. The van der Waals surface area contributed by atoms with E-state index in [2.05, 4.69) is 19.9 Å². The molecule has 0 saturated carbocycles. The molecule has 10 rings (SSSR count). The molecule has 386 valence electrons. The van der Waals surface area contributed by atoms with Crippen LogP contribution in [0.5, 0.6) is 5.75 Å². The summed E-state index contributed by atoms with van der Waals surface area (Å²) in [5, 5.41) is 40.7. The number of H-pyrrole nitrogens is 2. The predicted molar refractivity (Wildman–Crippen MR) is 234 cm³/mol. The zero-order valence-electron chi connectivity index (χ0n) is 36.7. The fourth-order valence-corrected chi connectivity index (χ4v) is 8.77. The van der Waals surface area contributed by atoms with Crippen LogP contribution in [0.25, 0.3) is 90.9 Å². The quantitative estimate of drug-likeness (QED) is 0.0523. The second-order valence-electron chi connectivity index (χ2n) is 16.7. The number of fused-ring (bicyclic) bond motifs is 8. The van der Waals surface area contributed by atoms with Crippen LogP contribution >= 0.6 is 0 Å². The van der Waals surface area contributed by atoms with E-state index in [-0.39, 0.29) is 27.9 Å². The number of ether oxygens (including phenoxy) is 2. The molecule has 7 aromatic rings. The molecule has 0 amide bonds. The SMILES string of the molecule is OC[C@H]1O[C@@H](Oc2ccc(-c3c4ccc([nH]4)c(-c4c(F)c(F)c(F)c(F)c4F)c4nc(c(-c5c(F)c(F)c(F)c(F)c5F)c5nc(c(-c6c(F)c(F)c(F)c(F)c6F)c6ccc3[nH]6)C=C5)C=C4)cc2)[C@H](O)[C@@H](O)[C@@H]1O. The van der Waals surface area contributed by atoms with Crippen molar-refractivity contribution in [1.82, 2.24) is 19.9 Å². The standard InChI is InChI=1S/C50H25F15N4O6/c51-32-29(33(52)39(58)44(63)38(32)57)26-18-7-5-16(66-18)25(14-1-3-15(4-2-14)74-50-49(73)48(72)47(71)24(13-70)75-50)17-6-8-19(67-17)27(30-34(53)40(59)45(64)41(60)35(30)54)21-10-12-23(69-21)28(22-11-9-20(26)68-22)31-36(55)42(61)46(65)43(62)37(31)56/h1-12,24,47-50,66-67,70-73H,13H2/t24-,47-,48+,49-,50-/m1/s1. The number of benzene rings is 4. The van der Waals surface area contributed by atoms with Gasteiger partial charge in [-0.05, 0) is 66.3 Å². The van der Waals surface area contributed by atoms with E-state index in [9.17, 15) is 33.6 Å². The fraction of sp³-hybridized carbons (Fsp3) is 0.120. The minimum Gasteiger partial charge on any atom is -0.462 e. The highest BCUT2D eigenvalue weighted by Crippen LogP contribution is 2.44. The molecule has 0 radical (unpaired) electrons. The predicted octanol–water partition coefficient (Wildman–Crippen LogP) is 10.6. The fourth-order valence-electron chi connectivity index (χ4n) is 8.77. The first-order valence-electron chi connectivity index (χ1n) is 21.4. The van der Waals surface area contributed by atoms with E-state index in [1.54, 1.807) is 0 Å². The summed E-state index contributed by atoms with van der Waals surface area (Å²) in [5.41, 5.74) is -13.2. The second-order valence-corrected chi connectivity index (χ2v) is 16.7. The van der Waals surface area contributed by atoms with Crippen LogP contribution in [0, 0.1) is 87.3 Å². The maximum Gasteiger partial charge on any atom is 0.229 e. The third-order valence-corrected chi connectivity index (χ3v) is 12.4. The van der Waals surface area contributed by atoms with Crippen molar-refractivity contribution in [3.8, 4) is 50.3 Å². The minimum absolute atomic E-state index is 0.0686. The number of aromatic nitrogens is 4. The molecule has 25 heteroatoms. The molecular weight excluding hydrogens is 1040 g/mol. The molecule has 5 atom stereocenters. The number of halogens is 15. The van der Waals surface area contributed by atoms with Gasteiger partial charge in [0.2, 0.25) is 23.7 Å². The maximum atomic E-state index is 16.0. The summed E-state index contributed by atoms with van der Waals surface area (Å²) in [6.45, 7) is -0.810. The number of nitrogens with one attached hydrogen (secondary N) is 2. The highest BCUT2D eigenvalue weighted by molar-refractivity contribution is 6.00. The zero-order chi connectivity index (χ0) is 53.8. The molecule has 0 unspecified atom stereocenters. The van der Waals surface area contributed by atoms with E-state index in [1.807, 2.05) is 0 Å². The van der Waals surface area contributed by atoms with E-state index in [0.717, 1.165) is 48.6 Å². The minimum atomic E-state index is -2.66. The number of hydrogen-bond acceptors (Lipinski definition) is 8. The van der Waals surface area contributed by atoms with Crippen LogP contribution in [-0.2, 0) is 4.74 Å². The van der Waals surface area contributed by atoms with Crippen molar-refractivity contribution < 1.29 is 95.8 Å². The molecule has 1 saturated heterocycles. The van der Waals surface area contributed by atoms with E-state index >= 15 is 52.7 Å².